The molecule has 0 spiro atoms. The largest absolute Gasteiger partial charge is 0.466 e. The van der Waals surface area contributed by atoms with Crippen LogP contribution in [0.3, 0.4) is 0 Å². The Bertz CT molecular complexity index is 133. The lowest BCUT2D eigenvalue weighted by Crippen LogP contribution is -2.03. The lowest BCUT2D eigenvalue weighted by Gasteiger charge is -1.98. The van der Waals surface area contributed by atoms with E-state index < -0.39 is 0 Å². The van der Waals surface area contributed by atoms with Crippen molar-refractivity contribution in [3.8, 4) is 0 Å². The monoisotopic (exact) mass is 144 g/mol. The summed E-state index contributed by atoms with van der Waals surface area (Å²) in [5.74, 6) is 0.580. The Morgan fingerprint density at radius 2 is 2.40 bits per heavy atom. The molecule has 1 fully saturated rings. The summed E-state index contributed by atoms with van der Waals surface area (Å²) in [5.41, 5.74) is 0. The standard InChI is InChI=1S/C7H12O3/c1-5(9)10-4-7-2-6(7)3-8/h6-8H,2-4H2,1H3/t6?,7-/m0/s1. The van der Waals surface area contributed by atoms with Gasteiger partial charge in [-0.15, -0.1) is 0 Å². The molecule has 1 rings (SSSR count). The van der Waals surface area contributed by atoms with Gasteiger partial charge in [0.1, 0.15) is 0 Å². The SMILES string of the molecule is CC(=O)OC[C@@H]1CC1CO. The zero-order valence-corrected chi connectivity index (χ0v) is 6.04. The van der Waals surface area contributed by atoms with Crippen LogP contribution >= 0.6 is 0 Å². The van der Waals surface area contributed by atoms with Gasteiger partial charge in [0.05, 0.1) is 6.61 Å². The number of rotatable bonds is 3. The van der Waals surface area contributed by atoms with Gasteiger partial charge >= 0.3 is 5.97 Å². The van der Waals surface area contributed by atoms with E-state index in [0.29, 0.717) is 18.4 Å². The Morgan fingerprint density at radius 1 is 1.70 bits per heavy atom. The highest BCUT2D eigenvalue weighted by molar-refractivity contribution is 5.65. The van der Waals surface area contributed by atoms with Crippen LogP contribution in [0.25, 0.3) is 0 Å². The molecule has 1 aliphatic rings. The molecule has 2 atom stereocenters. The summed E-state index contributed by atoms with van der Waals surface area (Å²) in [4.78, 5) is 10.3. The van der Waals surface area contributed by atoms with Gasteiger partial charge in [0, 0.05) is 13.5 Å². The van der Waals surface area contributed by atoms with Crippen molar-refractivity contribution < 1.29 is 14.6 Å². The van der Waals surface area contributed by atoms with Crippen molar-refractivity contribution in [1.82, 2.24) is 0 Å². The van der Waals surface area contributed by atoms with Gasteiger partial charge in [-0.1, -0.05) is 0 Å². The van der Waals surface area contributed by atoms with E-state index in [4.69, 9.17) is 9.84 Å². The summed E-state index contributed by atoms with van der Waals surface area (Å²) < 4.78 is 4.75. The number of ether oxygens (including phenoxy) is 1. The van der Waals surface area contributed by atoms with Gasteiger partial charge in [0.25, 0.3) is 0 Å². The Balaban J connectivity index is 2.01. The van der Waals surface area contributed by atoms with E-state index in [-0.39, 0.29) is 12.6 Å². The van der Waals surface area contributed by atoms with Gasteiger partial charge in [-0.3, -0.25) is 4.79 Å². The second kappa shape index (κ2) is 3.01. The molecule has 0 bridgehead atoms. The third-order valence-corrected chi connectivity index (χ3v) is 1.80. The van der Waals surface area contributed by atoms with E-state index >= 15 is 0 Å². The molecule has 0 aromatic rings. The maximum absolute atomic E-state index is 10.3. The van der Waals surface area contributed by atoms with Crippen molar-refractivity contribution in [2.75, 3.05) is 13.2 Å². The third-order valence-electron chi connectivity index (χ3n) is 1.80. The molecule has 1 aliphatic carbocycles. The maximum Gasteiger partial charge on any atom is 0.302 e. The van der Waals surface area contributed by atoms with Crippen LogP contribution in [0.5, 0.6) is 0 Å². The number of hydrogen-bond acceptors (Lipinski definition) is 3. The minimum atomic E-state index is -0.233. The molecule has 0 heterocycles. The molecule has 3 heteroatoms. The molecular weight excluding hydrogens is 132 g/mol. The normalized spacial score (nSPS) is 29.8. The van der Waals surface area contributed by atoms with Gasteiger partial charge in [-0.25, -0.2) is 0 Å². The second-order valence-corrected chi connectivity index (χ2v) is 2.74. The van der Waals surface area contributed by atoms with Crippen LogP contribution in [0.1, 0.15) is 13.3 Å². The molecule has 3 nitrogen and oxygen atoms in total. The fourth-order valence-electron chi connectivity index (χ4n) is 0.962. The van der Waals surface area contributed by atoms with Gasteiger partial charge in [-0.05, 0) is 18.3 Å². The Labute approximate surface area is 60.0 Å². The summed E-state index contributed by atoms with van der Waals surface area (Å²) in [5, 5.41) is 8.60. The summed E-state index contributed by atoms with van der Waals surface area (Å²) in [6, 6.07) is 0. The molecule has 0 amide bonds. The highest BCUT2D eigenvalue weighted by atomic mass is 16.5. The van der Waals surface area contributed by atoms with Crippen molar-refractivity contribution in [1.29, 1.82) is 0 Å². The molecule has 0 aliphatic heterocycles. The molecule has 1 N–H and O–H groups in total. The average molecular weight is 144 g/mol. The molecule has 0 aromatic heterocycles. The number of esters is 1. The van der Waals surface area contributed by atoms with Gasteiger partial charge < -0.3 is 9.84 Å². The molecule has 1 unspecified atom stereocenters. The van der Waals surface area contributed by atoms with Crippen LogP contribution in [0.4, 0.5) is 0 Å². The van der Waals surface area contributed by atoms with Gasteiger partial charge in [-0.2, -0.15) is 0 Å². The fraction of sp³-hybridized carbons (Fsp3) is 0.857. The van der Waals surface area contributed by atoms with Gasteiger partial charge in [0.15, 0.2) is 0 Å². The van der Waals surface area contributed by atoms with E-state index in [1.807, 2.05) is 0 Å². The molecule has 0 radical (unpaired) electrons. The first-order chi connectivity index (χ1) is 4.74. The Morgan fingerprint density at radius 3 is 2.80 bits per heavy atom. The first-order valence-electron chi connectivity index (χ1n) is 3.48. The first kappa shape index (κ1) is 7.54. The highest BCUT2D eigenvalue weighted by Gasteiger charge is 2.36. The first-order valence-corrected chi connectivity index (χ1v) is 3.48. The van der Waals surface area contributed by atoms with E-state index in [9.17, 15) is 4.79 Å². The van der Waals surface area contributed by atoms with Crippen molar-refractivity contribution in [2.45, 2.75) is 13.3 Å². The van der Waals surface area contributed by atoms with E-state index in [2.05, 4.69) is 0 Å². The van der Waals surface area contributed by atoms with E-state index in [0.717, 1.165) is 6.42 Å². The third kappa shape index (κ3) is 1.99. The van der Waals surface area contributed by atoms with E-state index in [1.165, 1.54) is 6.92 Å². The molecule has 0 aromatic carbocycles. The number of aliphatic hydroxyl groups excluding tert-OH is 1. The van der Waals surface area contributed by atoms with Crippen LogP contribution in [-0.4, -0.2) is 24.3 Å². The smallest absolute Gasteiger partial charge is 0.302 e. The summed E-state index contributed by atoms with van der Waals surface area (Å²) in [7, 11) is 0. The molecule has 1 saturated carbocycles. The Hall–Kier alpha value is -0.570. The summed E-state index contributed by atoms with van der Waals surface area (Å²) in [6.45, 7) is 2.11. The van der Waals surface area contributed by atoms with Crippen LogP contribution in [-0.2, 0) is 9.53 Å². The predicted molar refractivity (Wildman–Crippen MR) is 35.3 cm³/mol. The quantitative estimate of drug-likeness (QED) is 0.575. The van der Waals surface area contributed by atoms with Crippen molar-refractivity contribution >= 4 is 5.97 Å². The highest BCUT2D eigenvalue weighted by Crippen LogP contribution is 2.37. The summed E-state index contributed by atoms with van der Waals surface area (Å²) in [6.07, 6.45) is 1.00. The number of aliphatic hydroxyl groups is 1. The molecule has 58 valence electrons. The van der Waals surface area contributed by atoms with Crippen molar-refractivity contribution in [2.24, 2.45) is 11.8 Å². The summed E-state index contributed by atoms with van der Waals surface area (Å²) >= 11 is 0. The second-order valence-electron chi connectivity index (χ2n) is 2.74. The van der Waals surface area contributed by atoms with Crippen LogP contribution in [0.15, 0.2) is 0 Å². The van der Waals surface area contributed by atoms with Crippen LogP contribution < -0.4 is 0 Å². The molecular formula is C7H12O3. The minimum absolute atomic E-state index is 0.228. The maximum atomic E-state index is 10.3. The number of carbonyl (C=O) groups is 1. The lowest BCUT2D eigenvalue weighted by molar-refractivity contribution is -0.141. The van der Waals surface area contributed by atoms with E-state index in [1.54, 1.807) is 0 Å². The minimum Gasteiger partial charge on any atom is -0.466 e. The van der Waals surface area contributed by atoms with Crippen LogP contribution in [0.2, 0.25) is 0 Å². The zero-order chi connectivity index (χ0) is 7.56. The van der Waals surface area contributed by atoms with Crippen molar-refractivity contribution in [3.63, 3.8) is 0 Å². The van der Waals surface area contributed by atoms with Crippen molar-refractivity contribution in [3.05, 3.63) is 0 Å². The number of hydrogen-bond donors (Lipinski definition) is 1. The Kier molecular flexibility index (Phi) is 2.27. The molecule has 10 heavy (non-hydrogen) atoms. The average Bonchev–Trinajstić information content (AvgIpc) is 2.61. The topological polar surface area (TPSA) is 46.5 Å². The predicted octanol–water partition coefficient (Wildman–Crippen LogP) is 0.178. The number of carbonyl (C=O) groups excluding carboxylic acids is 1. The van der Waals surface area contributed by atoms with Gasteiger partial charge in [0.2, 0.25) is 0 Å². The van der Waals surface area contributed by atoms with Crippen LogP contribution in [0, 0.1) is 11.8 Å². The zero-order valence-electron chi connectivity index (χ0n) is 6.04. The fourth-order valence-corrected chi connectivity index (χ4v) is 0.962. The lowest BCUT2D eigenvalue weighted by atomic mass is 10.3. The molecule has 0 saturated heterocycles.